The number of nitrogens with one attached hydrogen (secondary N) is 1. The molecule has 126 valence electrons. The van der Waals surface area contributed by atoms with Crippen molar-refractivity contribution in [3.05, 3.63) is 40.4 Å². The van der Waals surface area contributed by atoms with Gasteiger partial charge >= 0.3 is 5.97 Å². The maximum atomic E-state index is 12.5. The molecule has 2 atom stereocenters. The van der Waals surface area contributed by atoms with Gasteiger partial charge in [0.2, 0.25) is 5.91 Å². The molecule has 1 amide bonds. The van der Waals surface area contributed by atoms with Crippen molar-refractivity contribution in [3.8, 4) is 11.8 Å². The van der Waals surface area contributed by atoms with E-state index in [0.717, 1.165) is 0 Å². The number of carbonyl (C=O) groups is 2. The monoisotopic (exact) mass is 346 g/mol. The minimum Gasteiger partial charge on any atom is -0.494 e. The lowest BCUT2D eigenvalue weighted by molar-refractivity contribution is -0.150. The SMILES string of the molecule is CCOc1ccccc1[C@H]1C(C#N)=C(SC)NC(=O)[C@@H]1C(=O)OC. The van der Waals surface area contributed by atoms with E-state index < -0.39 is 23.7 Å². The van der Waals surface area contributed by atoms with Crippen LogP contribution in [0.1, 0.15) is 18.4 Å². The summed E-state index contributed by atoms with van der Waals surface area (Å²) >= 11 is 1.25. The van der Waals surface area contributed by atoms with Gasteiger partial charge in [-0.25, -0.2) is 0 Å². The topological polar surface area (TPSA) is 88.4 Å². The average molecular weight is 346 g/mol. The van der Waals surface area contributed by atoms with E-state index in [0.29, 0.717) is 28.5 Å². The molecule has 7 heteroatoms. The average Bonchev–Trinajstić information content (AvgIpc) is 2.60. The van der Waals surface area contributed by atoms with Crippen molar-refractivity contribution < 1.29 is 19.1 Å². The number of rotatable bonds is 5. The van der Waals surface area contributed by atoms with Crippen LogP contribution in [0.15, 0.2) is 34.9 Å². The van der Waals surface area contributed by atoms with Crippen LogP contribution in [-0.4, -0.2) is 31.8 Å². The van der Waals surface area contributed by atoms with Crippen molar-refractivity contribution in [3.63, 3.8) is 0 Å². The normalized spacial score (nSPS) is 20.2. The van der Waals surface area contributed by atoms with Crippen molar-refractivity contribution in [2.24, 2.45) is 5.92 Å². The Hall–Kier alpha value is -2.46. The number of ether oxygens (including phenoxy) is 2. The highest BCUT2D eigenvalue weighted by molar-refractivity contribution is 8.02. The second-order valence-electron chi connectivity index (χ2n) is 5.00. The molecule has 0 aromatic heterocycles. The number of hydrogen-bond donors (Lipinski definition) is 1. The summed E-state index contributed by atoms with van der Waals surface area (Å²) in [5, 5.41) is 12.7. The van der Waals surface area contributed by atoms with Crippen molar-refractivity contribution in [1.29, 1.82) is 5.26 Å². The van der Waals surface area contributed by atoms with Gasteiger partial charge in [0.05, 0.1) is 30.4 Å². The van der Waals surface area contributed by atoms with Crippen LogP contribution in [0.4, 0.5) is 0 Å². The molecule has 2 rings (SSSR count). The fourth-order valence-electron chi connectivity index (χ4n) is 2.73. The van der Waals surface area contributed by atoms with E-state index in [1.54, 1.807) is 30.5 Å². The Bertz CT molecular complexity index is 724. The van der Waals surface area contributed by atoms with Crippen LogP contribution in [-0.2, 0) is 14.3 Å². The molecule has 0 bridgehead atoms. The molecule has 1 aliphatic heterocycles. The second kappa shape index (κ2) is 7.88. The summed E-state index contributed by atoms with van der Waals surface area (Å²) in [6.07, 6.45) is 1.76. The molecule has 0 saturated carbocycles. The van der Waals surface area contributed by atoms with Gasteiger partial charge in [-0.05, 0) is 19.2 Å². The van der Waals surface area contributed by atoms with Crippen LogP contribution in [0.3, 0.4) is 0 Å². The molecule has 1 heterocycles. The highest BCUT2D eigenvalue weighted by Crippen LogP contribution is 2.42. The first kappa shape index (κ1) is 17.9. The number of nitriles is 1. The van der Waals surface area contributed by atoms with E-state index in [4.69, 9.17) is 9.47 Å². The molecule has 0 fully saturated rings. The minimum atomic E-state index is -1.14. The number of thioether (sulfide) groups is 1. The first-order chi connectivity index (χ1) is 11.6. The molecule has 1 aromatic rings. The number of para-hydroxylation sites is 1. The zero-order valence-electron chi connectivity index (χ0n) is 13.7. The third-order valence-electron chi connectivity index (χ3n) is 3.74. The van der Waals surface area contributed by atoms with Gasteiger partial charge in [0, 0.05) is 11.5 Å². The van der Waals surface area contributed by atoms with Crippen LogP contribution in [0.25, 0.3) is 0 Å². The molecule has 0 radical (unpaired) electrons. The van der Waals surface area contributed by atoms with E-state index in [2.05, 4.69) is 11.4 Å². The van der Waals surface area contributed by atoms with Crippen LogP contribution >= 0.6 is 11.8 Å². The third-order valence-corrected chi connectivity index (χ3v) is 4.47. The molecule has 1 aromatic carbocycles. The number of methoxy groups -OCH3 is 1. The highest BCUT2D eigenvalue weighted by atomic mass is 32.2. The van der Waals surface area contributed by atoms with Gasteiger partial charge in [-0.1, -0.05) is 18.2 Å². The standard InChI is InChI=1S/C17H18N2O4S/c1-4-23-12-8-6-5-7-10(12)13-11(9-18)16(24-3)19-15(20)14(13)17(21)22-2/h5-8,13-14H,4H2,1-3H3,(H,19,20)/t13-,14+/m0/s1. The predicted molar refractivity (Wildman–Crippen MR) is 90.2 cm³/mol. The van der Waals surface area contributed by atoms with E-state index in [-0.39, 0.29) is 0 Å². The summed E-state index contributed by atoms with van der Waals surface area (Å²) < 4.78 is 10.4. The minimum absolute atomic E-state index is 0.324. The fraction of sp³-hybridized carbons (Fsp3) is 0.353. The summed E-state index contributed by atoms with van der Waals surface area (Å²) in [4.78, 5) is 24.7. The Morgan fingerprint density at radius 2 is 2.12 bits per heavy atom. The number of hydrogen-bond acceptors (Lipinski definition) is 6. The molecule has 6 nitrogen and oxygen atoms in total. The molecule has 1 aliphatic rings. The Morgan fingerprint density at radius 1 is 1.42 bits per heavy atom. The lowest BCUT2D eigenvalue weighted by Crippen LogP contribution is -2.44. The second-order valence-corrected chi connectivity index (χ2v) is 5.81. The molecule has 1 N–H and O–H groups in total. The summed E-state index contributed by atoms with van der Waals surface area (Å²) in [5.74, 6) is -2.51. The highest BCUT2D eigenvalue weighted by Gasteiger charge is 2.45. The Balaban J connectivity index is 2.69. The lowest BCUT2D eigenvalue weighted by Gasteiger charge is -2.31. The first-order valence-corrected chi connectivity index (χ1v) is 8.60. The summed E-state index contributed by atoms with van der Waals surface area (Å²) in [6.45, 7) is 2.27. The molecular weight excluding hydrogens is 328 g/mol. The Morgan fingerprint density at radius 3 is 2.71 bits per heavy atom. The number of carbonyl (C=O) groups excluding carboxylic acids is 2. The first-order valence-electron chi connectivity index (χ1n) is 7.37. The number of nitrogens with zero attached hydrogens (tertiary/aromatic N) is 1. The summed E-state index contributed by atoms with van der Waals surface area (Å²) in [7, 11) is 1.22. The fourth-order valence-corrected chi connectivity index (χ4v) is 3.32. The largest absolute Gasteiger partial charge is 0.494 e. The number of benzene rings is 1. The smallest absolute Gasteiger partial charge is 0.319 e. The molecule has 0 aliphatic carbocycles. The number of allylic oxidation sites excluding steroid dienone is 1. The van der Waals surface area contributed by atoms with Crippen molar-refractivity contribution >= 4 is 23.6 Å². The number of amides is 1. The predicted octanol–water partition coefficient (Wildman–Crippen LogP) is 2.19. The van der Waals surface area contributed by atoms with Crippen LogP contribution < -0.4 is 10.1 Å². The molecule has 0 saturated heterocycles. The molecule has 24 heavy (non-hydrogen) atoms. The van der Waals surface area contributed by atoms with Crippen molar-refractivity contribution in [1.82, 2.24) is 5.32 Å². The van der Waals surface area contributed by atoms with Crippen LogP contribution in [0.2, 0.25) is 0 Å². The molecule has 0 spiro atoms. The molecular formula is C17H18N2O4S. The molecule has 0 unspecified atom stereocenters. The maximum Gasteiger partial charge on any atom is 0.319 e. The van der Waals surface area contributed by atoms with E-state index in [9.17, 15) is 14.9 Å². The van der Waals surface area contributed by atoms with Crippen molar-refractivity contribution in [2.45, 2.75) is 12.8 Å². The van der Waals surface area contributed by atoms with Gasteiger partial charge < -0.3 is 14.8 Å². The number of esters is 1. The Labute approximate surface area is 144 Å². The van der Waals surface area contributed by atoms with Gasteiger partial charge in [0.25, 0.3) is 0 Å². The zero-order valence-corrected chi connectivity index (χ0v) is 14.5. The van der Waals surface area contributed by atoms with E-state index in [1.807, 2.05) is 6.92 Å². The van der Waals surface area contributed by atoms with Crippen LogP contribution in [0.5, 0.6) is 5.75 Å². The summed E-state index contributed by atoms with van der Waals surface area (Å²) in [6, 6.07) is 9.24. The van der Waals surface area contributed by atoms with Crippen molar-refractivity contribution in [2.75, 3.05) is 20.0 Å². The van der Waals surface area contributed by atoms with E-state index >= 15 is 0 Å². The quantitative estimate of drug-likeness (QED) is 0.649. The third kappa shape index (κ3) is 3.24. The summed E-state index contributed by atoms with van der Waals surface area (Å²) in [5.41, 5.74) is 0.942. The van der Waals surface area contributed by atoms with E-state index in [1.165, 1.54) is 18.9 Å². The Kier molecular flexibility index (Phi) is 5.88. The maximum absolute atomic E-state index is 12.5. The lowest BCUT2D eigenvalue weighted by atomic mass is 9.78. The van der Waals surface area contributed by atoms with Gasteiger partial charge in [-0.15, -0.1) is 11.8 Å². The van der Waals surface area contributed by atoms with Gasteiger partial charge in [0.15, 0.2) is 0 Å². The van der Waals surface area contributed by atoms with Gasteiger partial charge in [0.1, 0.15) is 11.7 Å². The zero-order chi connectivity index (χ0) is 17.7. The van der Waals surface area contributed by atoms with Gasteiger partial charge in [-0.3, -0.25) is 9.59 Å². The van der Waals surface area contributed by atoms with Gasteiger partial charge in [-0.2, -0.15) is 5.26 Å². The van der Waals surface area contributed by atoms with Crippen LogP contribution in [0, 0.1) is 17.2 Å².